The van der Waals surface area contributed by atoms with Crippen molar-refractivity contribution in [2.24, 2.45) is 5.92 Å². The molecule has 32 heavy (non-hydrogen) atoms. The molecule has 178 valence electrons. The molecule has 1 atom stereocenters. The van der Waals surface area contributed by atoms with E-state index in [2.05, 4.69) is 10.6 Å². The fraction of sp³-hybridized carbons (Fsp3) is 0.652. The van der Waals surface area contributed by atoms with E-state index >= 15 is 0 Å². The predicted octanol–water partition coefficient (Wildman–Crippen LogP) is 2.69. The Balaban J connectivity index is 1.55. The van der Waals surface area contributed by atoms with Gasteiger partial charge in [-0.1, -0.05) is 30.5 Å². The summed E-state index contributed by atoms with van der Waals surface area (Å²) in [5, 5.41) is 6.05. The van der Waals surface area contributed by atoms with Crippen LogP contribution in [-0.4, -0.2) is 61.7 Å². The first-order valence-electron chi connectivity index (χ1n) is 11.5. The molecule has 2 amide bonds. The monoisotopic (exact) mass is 481 g/mol. The molecule has 0 bridgehead atoms. The number of aryl methyl sites for hydroxylation is 1. The molecule has 0 aromatic heterocycles. The fourth-order valence-corrected chi connectivity index (χ4v) is 6.32. The van der Waals surface area contributed by atoms with Gasteiger partial charge in [-0.15, -0.1) is 0 Å². The van der Waals surface area contributed by atoms with Crippen molar-refractivity contribution in [1.29, 1.82) is 0 Å². The van der Waals surface area contributed by atoms with E-state index in [4.69, 9.17) is 0 Å². The molecule has 1 saturated carbocycles. The average molecular weight is 482 g/mol. The number of hydrogen-bond donors (Lipinski definition) is 2. The maximum Gasteiger partial charge on any atom is 0.243 e. The molecule has 1 aromatic rings. The van der Waals surface area contributed by atoms with Gasteiger partial charge in [0.1, 0.15) is 6.04 Å². The van der Waals surface area contributed by atoms with Crippen LogP contribution in [0.15, 0.2) is 29.2 Å². The zero-order chi connectivity index (χ0) is 23.1. The number of carbonyl (C=O) groups excluding carboxylic acids is 2. The molecule has 3 rings (SSSR count). The first kappa shape index (κ1) is 25.1. The summed E-state index contributed by atoms with van der Waals surface area (Å²) < 4.78 is 27.2. The molecule has 0 unspecified atom stereocenters. The number of nitrogens with one attached hydrogen (secondary N) is 2. The largest absolute Gasteiger partial charge is 0.352 e. The molecule has 1 heterocycles. The Labute approximate surface area is 196 Å². The Morgan fingerprint density at radius 3 is 2.31 bits per heavy atom. The highest BCUT2D eigenvalue weighted by atomic mass is 32.2. The summed E-state index contributed by atoms with van der Waals surface area (Å²) in [7, 11) is -3.56. The van der Waals surface area contributed by atoms with Gasteiger partial charge < -0.3 is 10.6 Å². The molecule has 0 radical (unpaired) electrons. The number of thioether (sulfide) groups is 1. The van der Waals surface area contributed by atoms with E-state index in [1.807, 2.05) is 13.2 Å². The van der Waals surface area contributed by atoms with Gasteiger partial charge in [0, 0.05) is 25.0 Å². The van der Waals surface area contributed by atoms with E-state index < -0.39 is 16.1 Å². The molecule has 1 aliphatic heterocycles. The van der Waals surface area contributed by atoms with Crippen molar-refractivity contribution >= 4 is 33.6 Å². The molecule has 2 aliphatic rings. The van der Waals surface area contributed by atoms with E-state index in [1.54, 1.807) is 36.0 Å². The summed E-state index contributed by atoms with van der Waals surface area (Å²) in [6.07, 6.45) is 7.76. The quantitative estimate of drug-likeness (QED) is 0.565. The molecule has 1 aliphatic carbocycles. The zero-order valence-corrected chi connectivity index (χ0v) is 20.6. The van der Waals surface area contributed by atoms with Crippen molar-refractivity contribution in [3.63, 3.8) is 0 Å². The first-order valence-corrected chi connectivity index (χ1v) is 14.3. The minimum absolute atomic E-state index is 0.0984. The van der Waals surface area contributed by atoms with Gasteiger partial charge in [-0.3, -0.25) is 9.59 Å². The summed E-state index contributed by atoms with van der Waals surface area (Å²) in [5.74, 6) is 0.260. The van der Waals surface area contributed by atoms with E-state index in [1.165, 1.54) is 4.31 Å². The summed E-state index contributed by atoms with van der Waals surface area (Å²) in [5.41, 5.74) is 1.01. The van der Waals surface area contributed by atoms with Gasteiger partial charge in [0.15, 0.2) is 0 Å². The third kappa shape index (κ3) is 6.48. The molecule has 7 nitrogen and oxygen atoms in total. The standard InChI is InChI=1S/C23H35N3O4S2/c1-17-7-9-20(10-8-17)32(29,30)26-14-11-18(12-15-26)22(27)25-21(13-16-31-2)23(28)24-19-5-3-4-6-19/h7-10,18-19,21H,3-6,11-16H2,1-2H3,(H,24,28)(H,25,27)/t21-/m0/s1. The minimum Gasteiger partial charge on any atom is -0.352 e. The summed E-state index contributed by atoms with van der Waals surface area (Å²) in [6, 6.07) is 6.51. The van der Waals surface area contributed by atoms with Crippen molar-refractivity contribution < 1.29 is 18.0 Å². The van der Waals surface area contributed by atoms with Crippen LogP contribution < -0.4 is 10.6 Å². The highest BCUT2D eigenvalue weighted by Gasteiger charge is 2.33. The zero-order valence-electron chi connectivity index (χ0n) is 19.0. The molecule has 1 aromatic carbocycles. The number of rotatable bonds is 9. The second-order valence-electron chi connectivity index (χ2n) is 8.82. The fourth-order valence-electron chi connectivity index (χ4n) is 4.38. The number of amides is 2. The van der Waals surface area contributed by atoms with Crippen LogP contribution in [0.4, 0.5) is 0 Å². The van der Waals surface area contributed by atoms with Crippen molar-refractivity contribution in [1.82, 2.24) is 14.9 Å². The van der Waals surface area contributed by atoms with Crippen LogP contribution >= 0.6 is 11.8 Å². The Morgan fingerprint density at radius 2 is 1.72 bits per heavy atom. The van der Waals surface area contributed by atoms with E-state index in [0.717, 1.165) is 37.0 Å². The highest BCUT2D eigenvalue weighted by Crippen LogP contribution is 2.24. The van der Waals surface area contributed by atoms with Crippen molar-refractivity contribution in [2.45, 2.75) is 68.8 Å². The normalized spacial score (nSPS) is 19.6. The average Bonchev–Trinajstić information content (AvgIpc) is 3.29. The van der Waals surface area contributed by atoms with Crippen LogP contribution in [0, 0.1) is 12.8 Å². The van der Waals surface area contributed by atoms with Gasteiger partial charge in [0.2, 0.25) is 21.8 Å². The van der Waals surface area contributed by atoms with E-state index in [-0.39, 0.29) is 28.7 Å². The van der Waals surface area contributed by atoms with Crippen LogP contribution in [0.5, 0.6) is 0 Å². The lowest BCUT2D eigenvalue weighted by Crippen LogP contribution is -2.52. The number of benzene rings is 1. The Hall–Kier alpha value is -1.58. The Morgan fingerprint density at radius 1 is 1.09 bits per heavy atom. The maximum atomic E-state index is 12.9. The molecular weight excluding hydrogens is 446 g/mol. The smallest absolute Gasteiger partial charge is 0.243 e. The second kappa shape index (κ2) is 11.5. The van der Waals surface area contributed by atoms with Crippen molar-refractivity contribution in [3.05, 3.63) is 29.8 Å². The van der Waals surface area contributed by atoms with Crippen molar-refractivity contribution in [3.8, 4) is 0 Å². The lowest BCUT2D eigenvalue weighted by molar-refractivity contribution is -0.132. The second-order valence-corrected chi connectivity index (χ2v) is 11.7. The predicted molar refractivity (Wildman–Crippen MR) is 128 cm³/mol. The number of sulfonamides is 1. The molecule has 9 heteroatoms. The number of piperidine rings is 1. The SMILES string of the molecule is CSCC[C@H](NC(=O)C1CCN(S(=O)(=O)c2ccc(C)cc2)CC1)C(=O)NC1CCCC1. The number of hydrogen-bond acceptors (Lipinski definition) is 5. The molecular formula is C23H35N3O4S2. The lowest BCUT2D eigenvalue weighted by atomic mass is 9.96. The Bertz CT molecular complexity index is 875. The van der Waals surface area contributed by atoms with Crippen molar-refractivity contribution in [2.75, 3.05) is 25.1 Å². The van der Waals surface area contributed by atoms with Gasteiger partial charge in [-0.2, -0.15) is 16.1 Å². The Kier molecular flexibility index (Phi) is 9.02. The van der Waals surface area contributed by atoms with Gasteiger partial charge in [-0.05, 0) is 63.2 Å². The van der Waals surface area contributed by atoms with E-state index in [0.29, 0.717) is 32.4 Å². The van der Waals surface area contributed by atoms with Gasteiger partial charge in [-0.25, -0.2) is 8.42 Å². The topological polar surface area (TPSA) is 95.6 Å². The van der Waals surface area contributed by atoms with Gasteiger partial charge in [0.25, 0.3) is 0 Å². The van der Waals surface area contributed by atoms with Crippen LogP contribution in [0.25, 0.3) is 0 Å². The maximum absolute atomic E-state index is 12.9. The van der Waals surface area contributed by atoms with Gasteiger partial charge >= 0.3 is 0 Å². The summed E-state index contributed by atoms with van der Waals surface area (Å²) in [4.78, 5) is 26.0. The molecule has 2 fully saturated rings. The molecule has 0 spiro atoms. The van der Waals surface area contributed by atoms with Gasteiger partial charge in [0.05, 0.1) is 4.90 Å². The molecule has 2 N–H and O–H groups in total. The number of carbonyl (C=O) groups is 2. The van der Waals surface area contributed by atoms with E-state index in [9.17, 15) is 18.0 Å². The highest BCUT2D eigenvalue weighted by molar-refractivity contribution is 7.98. The lowest BCUT2D eigenvalue weighted by Gasteiger charge is -2.31. The summed E-state index contributed by atoms with van der Waals surface area (Å²) in [6.45, 7) is 2.52. The number of nitrogens with zero attached hydrogens (tertiary/aromatic N) is 1. The van der Waals surface area contributed by atoms with Crippen LogP contribution in [-0.2, 0) is 19.6 Å². The van der Waals surface area contributed by atoms with Crippen LogP contribution in [0.1, 0.15) is 50.5 Å². The molecule has 1 saturated heterocycles. The summed E-state index contributed by atoms with van der Waals surface area (Å²) >= 11 is 1.65. The minimum atomic E-state index is -3.56. The van der Waals surface area contributed by atoms with Crippen LogP contribution in [0.3, 0.4) is 0 Å². The first-order chi connectivity index (χ1) is 15.3. The van der Waals surface area contributed by atoms with Crippen LogP contribution in [0.2, 0.25) is 0 Å². The third-order valence-electron chi connectivity index (χ3n) is 6.43. The third-order valence-corrected chi connectivity index (χ3v) is 8.99.